The maximum Gasteiger partial charge on any atom is 0.310 e. The highest BCUT2D eigenvalue weighted by Gasteiger charge is 2.41. The summed E-state index contributed by atoms with van der Waals surface area (Å²) in [6.45, 7) is 3.69. The van der Waals surface area contributed by atoms with E-state index in [0.29, 0.717) is 12.2 Å². The van der Waals surface area contributed by atoms with Gasteiger partial charge in [0.1, 0.15) is 5.78 Å². The molecule has 156 valence electrons. The number of rotatable bonds is 11. The van der Waals surface area contributed by atoms with Crippen molar-refractivity contribution < 1.29 is 24.9 Å². The minimum absolute atomic E-state index is 0.110. The molecule has 5 nitrogen and oxygen atoms in total. The Labute approximate surface area is 171 Å². The number of aliphatic hydroxyl groups is 2. The number of benzene rings is 1. The number of Topliss-reactive ketones (excluding diaryl/α,β-unsaturated/α-hetero) is 1. The summed E-state index contributed by atoms with van der Waals surface area (Å²) in [4.78, 5) is 23.8. The Balaban J connectivity index is 1.79. The van der Waals surface area contributed by atoms with E-state index in [9.17, 15) is 24.9 Å². The van der Waals surface area contributed by atoms with E-state index >= 15 is 0 Å². The average Bonchev–Trinajstić information content (AvgIpc) is 2.90. The van der Waals surface area contributed by atoms with Crippen LogP contribution in [0.1, 0.15) is 62.5 Å². The molecule has 3 N–H and O–H groups in total. The Bertz CT molecular complexity index is 643. The van der Waals surface area contributed by atoms with Gasteiger partial charge in [-0.05, 0) is 32.3 Å². The first-order chi connectivity index (χ1) is 13.3. The number of carbonyl (C=O) groups excluding carboxylic acids is 1. The Hall–Kier alpha value is -1.37. The lowest BCUT2D eigenvalue weighted by Crippen LogP contribution is -2.25. The number of thioether (sulfide) groups is 1. The molecule has 1 aliphatic carbocycles. The fraction of sp³-hybridized carbons (Fsp3) is 0.636. The molecule has 1 aliphatic rings. The van der Waals surface area contributed by atoms with E-state index in [4.69, 9.17) is 0 Å². The van der Waals surface area contributed by atoms with Crippen LogP contribution in [0.2, 0.25) is 0 Å². The molecule has 1 fully saturated rings. The van der Waals surface area contributed by atoms with Crippen molar-refractivity contribution in [2.45, 2.75) is 75.7 Å². The third-order valence-corrected chi connectivity index (χ3v) is 7.12. The lowest BCUT2D eigenvalue weighted by Gasteiger charge is -2.21. The molecule has 0 spiro atoms. The Kier molecular flexibility index (Phi) is 8.99. The van der Waals surface area contributed by atoms with E-state index < -0.39 is 24.1 Å². The van der Waals surface area contributed by atoms with E-state index in [1.807, 2.05) is 31.2 Å². The van der Waals surface area contributed by atoms with Crippen molar-refractivity contribution in [2.75, 3.05) is 5.75 Å². The van der Waals surface area contributed by atoms with Crippen molar-refractivity contribution in [2.24, 2.45) is 5.92 Å². The normalized spacial score (nSPS) is 24.3. The van der Waals surface area contributed by atoms with Crippen LogP contribution in [0.3, 0.4) is 0 Å². The van der Waals surface area contributed by atoms with Crippen LogP contribution in [0, 0.1) is 12.8 Å². The summed E-state index contributed by atoms with van der Waals surface area (Å²) in [6.07, 6.45) is 2.92. The van der Waals surface area contributed by atoms with Crippen molar-refractivity contribution in [3.05, 3.63) is 35.4 Å². The molecule has 0 radical (unpaired) electrons. The van der Waals surface area contributed by atoms with Crippen LogP contribution in [0.4, 0.5) is 0 Å². The third-order valence-electron chi connectivity index (χ3n) is 5.42. The summed E-state index contributed by atoms with van der Waals surface area (Å²) >= 11 is 1.48. The lowest BCUT2D eigenvalue weighted by atomic mass is 9.91. The SMILES string of the molecule is Cc1ccc(C(CCCCC[C@H]2C(=O)CC(O)[C@@H]2SCC(C)O)C(=O)O)cc1. The summed E-state index contributed by atoms with van der Waals surface area (Å²) in [7, 11) is 0. The number of hydrogen-bond acceptors (Lipinski definition) is 5. The van der Waals surface area contributed by atoms with Crippen molar-refractivity contribution in [3.63, 3.8) is 0 Å². The largest absolute Gasteiger partial charge is 0.481 e. The monoisotopic (exact) mass is 408 g/mol. The minimum Gasteiger partial charge on any atom is -0.481 e. The highest BCUT2D eigenvalue weighted by Crippen LogP contribution is 2.36. The van der Waals surface area contributed by atoms with E-state index in [1.54, 1.807) is 6.92 Å². The van der Waals surface area contributed by atoms with Crippen molar-refractivity contribution in [1.82, 2.24) is 0 Å². The number of aliphatic carboxylic acids is 1. The Morgan fingerprint density at radius 2 is 1.89 bits per heavy atom. The van der Waals surface area contributed by atoms with Crippen LogP contribution < -0.4 is 0 Å². The lowest BCUT2D eigenvalue weighted by molar-refractivity contribution is -0.139. The molecular weight excluding hydrogens is 376 g/mol. The maximum absolute atomic E-state index is 12.2. The molecule has 28 heavy (non-hydrogen) atoms. The van der Waals surface area contributed by atoms with Crippen LogP contribution in [0.5, 0.6) is 0 Å². The molecule has 0 aromatic heterocycles. The molecule has 0 aliphatic heterocycles. The molecule has 3 unspecified atom stereocenters. The van der Waals surface area contributed by atoms with Crippen molar-refractivity contribution >= 4 is 23.5 Å². The quantitative estimate of drug-likeness (QED) is 0.485. The smallest absolute Gasteiger partial charge is 0.310 e. The van der Waals surface area contributed by atoms with Gasteiger partial charge in [-0.15, -0.1) is 0 Å². The molecule has 1 aromatic carbocycles. The highest BCUT2D eigenvalue weighted by atomic mass is 32.2. The average molecular weight is 409 g/mol. The van der Waals surface area contributed by atoms with Crippen molar-refractivity contribution in [1.29, 1.82) is 0 Å². The van der Waals surface area contributed by atoms with Gasteiger partial charge in [-0.25, -0.2) is 0 Å². The second-order valence-electron chi connectivity index (χ2n) is 7.93. The number of carboxylic acid groups (broad SMARTS) is 1. The molecular formula is C22H32O5S. The standard InChI is InChI=1S/C22H32O5S/c1-14-8-10-16(11-9-14)17(22(26)27)6-4-3-5-7-18-19(24)12-20(25)21(18)28-13-15(2)23/h8-11,15,17-18,20-21,23,25H,3-7,12-13H2,1-2H3,(H,26,27)/t15?,17?,18-,20?,21+/m0/s1. The number of carbonyl (C=O) groups is 2. The molecule has 5 atom stereocenters. The predicted octanol–water partition coefficient (Wildman–Crippen LogP) is 3.55. The van der Waals surface area contributed by atoms with Gasteiger partial charge in [-0.3, -0.25) is 9.59 Å². The fourth-order valence-electron chi connectivity index (χ4n) is 3.85. The number of unbranched alkanes of at least 4 members (excludes halogenated alkanes) is 2. The van der Waals surface area contributed by atoms with Gasteiger partial charge in [0.25, 0.3) is 0 Å². The van der Waals surface area contributed by atoms with Gasteiger partial charge >= 0.3 is 5.97 Å². The van der Waals surface area contributed by atoms with Gasteiger partial charge in [0.2, 0.25) is 0 Å². The van der Waals surface area contributed by atoms with E-state index in [-0.39, 0.29) is 23.4 Å². The summed E-state index contributed by atoms with van der Waals surface area (Å²) < 4.78 is 0. The van der Waals surface area contributed by atoms with E-state index in [1.165, 1.54) is 11.8 Å². The zero-order chi connectivity index (χ0) is 20.7. The highest BCUT2D eigenvalue weighted by molar-refractivity contribution is 8.00. The van der Waals surface area contributed by atoms with Crippen LogP contribution in [0.25, 0.3) is 0 Å². The molecule has 2 rings (SSSR count). The second kappa shape index (κ2) is 11.0. The van der Waals surface area contributed by atoms with Crippen LogP contribution in [-0.2, 0) is 9.59 Å². The first-order valence-electron chi connectivity index (χ1n) is 10.1. The topological polar surface area (TPSA) is 94.8 Å². The summed E-state index contributed by atoms with van der Waals surface area (Å²) in [5, 5.41) is 29.0. The van der Waals surface area contributed by atoms with Gasteiger partial charge < -0.3 is 15.3 Å². The zero-order valence-corrected chi connectivity index (χ0v) is 17.5. The summed E-state index contributed by atoms with van der Waals surface area (Å²) in [5.74, 6) is -0.829. The van der Waals surface area contributed by atoms with Gasteiger partial charge in [0.15, 0.2) is 0 Å². The number of carboxylic acids is 1. The zero-order valence-electron chi connectivity index (χ0n) is 16.7. The van der Waals surface area contributed by atoms with Crippen LogP contribution >= 0.6 is 11.8 Å². The van der Waals surface area contributed by atoms with E-state index in [2.05, 4.69) is 0 Å². The number of aliphatic hydroxyl groups excluding tert-OH is 2. The predicted molar refractivity (Wildman–Crippen MR) is 112 cm³/mol. The van der Waals surface area contributed by atoms with Crippen LogP contribution in [0.15, 0.2) is 24.3 Å². The fourth-order valence-corrected chi connectivity index (χ4v) is 5.19. The molecule has 1 aromatic rings. The first-order valence-corrected chi connectivity index (χ1v) is 11.1. The molecule has 0 saturated heterocycles. The van der Waals surface area contributed by atoms with Gasteiger partial charge in [-0.2, -0.15) is 11.8 Å². The Morgan fingerprint density at radius 3 is 2.50 bits per heavy atom. The molecule has 0 bridgehead atoms. The van der Waals surface area contributed by atoms with Crippen LogP contribution in [-0.4, -0.2) is 50.3 Å². The Morgan fingerprint density at radius 1 is 1.21 bits per heavy atom. The second-order valence-corrected chi connectivity index (χ2v) is 9.14. The third kappa shape index (κ3) is 6.61. The molecule has 0 amide bonds. The molecule has 6 heteroatoms. The number of ketones is 1. The van der Waals surface area contributed by atoms with Crippen molar-refractivity contribution in [3.8, 4) is 0 Å². The van der Waals surface area contributed by atoms with Gasteiger partial charge in [0, 0.05) is 23.3 Å². The summed E-state index contributed by atoms with van der Waals surface area (Å²) in [5.41, 5.74) is 1.95. The maximum atomic E-state index is 12.2. The minimum atomic E-state index is -0.799. The number of hydrogen-bond donors (Lipinski definition) is 3. The molecule has 0 heterocycles. The number of aryl methyl sites for hydroxylation is 1. The van der Waals surface area contributed by atoms with Gasteiger partial charge in [-0.1, -0.05) is 49.1 Å². The summed E-state index contributed by atoms with van der Waals surface area (Å²) in [6, 6.07) is 7.65. The molecule has 1 saturated carbocycles. The van der Waals surface area contributed by atoms with Gasteiger partial charge in [0.05, 0.1) is 18.1 Å². The van der Waals surface area contributed by atoms with E-state index in [0.717, 1.165) is 36.8 Å². The first kappa shape index (κ1) is 22.9.